The molecule has 1 aromatic heterocycles. The zero-order chi connectivity index (χ0) is 19.5. The highest BCUT2D eigenvalue weighted by atomic mass is 16.6. The van der Waals surface area contributed by atoms with Crippen molar-refractivity contribution in [1.82, 2.24) is 10.2 Å². The maximum atomic E-state index is 12.4. The van der Waals surface area contributed by atoms with E-state index in [0.717, 1.165) is 5.56 Å². The fraction of sp³-hybridized carbons (Fsp3) is 0.200. The Morgan fingerprint density at radius 3 is 2.71 bits per heavy atom. The molecule has 0 saturated heterocycles. The number of amides is 1. The molecule has 1 aliphatic rings. The third-order valence-corrected chi connectivity index (χ3v) is 4.21. The van der Waals surface area contributed by atoms with Crippen LogP contribution in [0, 0.1) is 0 Å². The van der Waals surface area contributed by atoms with E-state index in [2.05, 4.69) is 10.2 Å². The van der Waals surface area contributed by atoms with Gasteiger partial charge in [0.05, 0.1) is 5.69 Å². The van der Waals surface area contributed by atoms with Crippen molar-refractivity contribution in [2.45, 2.75) is 13.0 Å². The number of hydrogen-bond donors (Lipinski definition) is 0. The molecule has 1 amide bonds. The first kappa shape index (κ1) is 17.7. The zero-order valence-corrected chi connectivity index (χ0v) is 15.1. The molecule has 2 aromatic carbocycles. The molecule has 2 heterocycles. The predicted octanol–water partition coefficient (Wildman–Crippen LogP) is 2.77. The molecule has 8 heteroatoms. The van der Waals surface area contributed by atoms with E-state index in [-0.39, 0.29) is 24.9 Å². The minimum Gasteiger partial charge on any atom is -0.482 e. The highest BCUT2D eigenvalue weighted by Gasteiger charge is 2.28. The number of nitrogens with zero attached hydrogens (tertiary/aromatic N) is 3. The quantitative estimate of drug-likeness (QED) is 0.629. The van der Waals surface area contributed by atoms with Crippen LogP contribution in [0.3, 0.4) is 0 Å². The number of rotatable bonds is 5. The van der Waals surface area contributed by atoms with E-state index in [4.69, 9.17) is 13.9 Å². The Morgan fingerprint density at radius 1 is 1.14 bits per heavy atom. The monoisotopic (exact) mass is 379 g/mol. The van der Waals surface area contributed by atoms with Crippen LogP contribution in [0.1, 0.15) is 18.9 Å². The fourth-order valence-corrected chi connectivity index (χ4v) is 2.84. The van der Waals surface area contributed by atoms with Gasteiger partial charge in [-0.25, -0.2) is 0 Å². The van der Waals surface area contributed by atoms with Crippen LogP contribution in [0.5, 0.6) is 5.75 Å². The van der Waals surface area contributed by atoms with E-state index in [1.807, 2.05) is 30.3 Å². The lowest BCUT2D eigenvalue weighted by Gasteiger charge is -2.28. The van der Waals surface area contributed by atoms with Crippen molar-refractivity contribution in [3.05, 3.63) is 60.5 Å². The molecule has 0 saturated carbocycles. The second-order valence-corrected chi connectivity index (χ2v) is 6.18. The molecule has 0 radical (unpaired) electrons. The van der Waals surface area contributed by atoms with Gasteiger partial charge in [-0.1, -0.05) is 30.3 Å². The number of carbonyl (C=O) groups is 2. The van der Waals surface area contributed by atoms with Crippen molar-refractivity contribution in [3.8, 4) is 17.2 Å². The zero-order valence-electron chi connectivity index (χ0n) is 15.1. The molecular weight excluding hydrogens is 362 g/mol. The number of anilines is 1. The third-order valence-electron chi connectivity index (χ3n) is 4.21. The average molecular weight is 379 g/mol. The van der Waals surface area contributed by atoms with Crippen molar-refractivity contribution < 1.29 is 23.5 Å². The van der Waals surface area contributed by atoms with Crippen LogP contribution < -0.4 is 9.64 Å². The molecule has 1 atom stereocenters. The summed E-state index contributed by atoms with van der Waals surface area (Å²) in [7, 11) is 0. The van der Waals surface area contributed by atoms with Gasteiger partial charge in [0, 0.05) is 5.56 Å². The molecule has 0 aliphatic carbocycles. The average Bonchev–Trinajstić information content (AvgIpc) is 3.21. The second-order valence-electron chi connectivity index (χ2n) is 6.18. The van der Waals surface area contributed by atoms with Crippen LogP contribution in [-0.2, 0) is 14.3 Å². The molecule has 4 rings (SSSR count). The van der Waals surface area contributed by atoms with Gasteiger partial charge in [0.25, 0.3) is 11.8 Å². The number of carbonyl (C=O) groups excluding carboxylic acids is 2. The van der Waals surface area contributed by atoms with Gasteiger partial charge < -0.3 is 13.9 Å². The maximum Gasteiger partial charge on any atom is 0.326 e. The predicted molar refractivity (Wildman–Crippen MR) is 98.5 cm³/mol. The normalized spacial score (nSPS) is 14.2. The maximum absolute atomic E-state index is 12.4. The van der Waals surface area contributed by atoms with Gasteiger partial charge in [-0.3, -0.25) is 14.5 Å². The molecule has 3 aromatic rings. The Balaban J connectivity index is 1.43. The number of ether oxygens (including phenoxy) is 2. The first-order valence-corrected chi connectivity index (χ1v) is 8.72. The number of aromatic nitrogens is 2. The van der Waals surface area contributed by atoms with Crippen molar-refractivity contribution in [3.63, 3.8) is 0 Å². The van der Waals surface area contributed by atoms with E-state index in [1.165, 1.54) is 4.90 Å². The van der Waals surface area contributed by atoms with E-state index < -0.39 is 12.1 Å². The summed E-state index contributed by atoms with van der Waals surface area (Å²) >= 11 is 0. The van der Waals surface area contributed by atoms with E-state index in [1.54, 1.807) is 31.2 Å². The summed E-state index contributed by atoms with van der Waals surface area (Å²) in [5.41, 5.74) is 1.31. The molecule has 0 N–H and O–H groups in total. The standard InChI is InChI=1S/C20H17N3O5/c1-13(19-21-22-20(28-19)14-7-3-2-4-8-14)27-18(25)11-23-15-9-5-6-10-16(15)26-12-17(23)24/h2-10,13H,11-12H2,1H3/t13-/m1/s1. The summed E-state index contributed by atoms with van der Waals surface area (Å²) in [6.07, 6.45) is -0.746. The molecular formula is C20H17N3O5. The lowest BCUT2D eigenvalue weighted by atomic mass is 10.2. The summed E-state index contributed by atoms with van der Waals surface area (Å²) in [4.78, 5) is 25.9. The van der Waals surface area contributed by atoms with Crippen molar-refractivity contribution in [2.75, 3.05) is 18.1 Å². The number of esters is 1. The summed E-state index contributed by atoms with van der Waals surface area (Å²) in [6, 6.07) is 16.3. The van der Waals surface area contributed by atoms with Gasteiger partial charge in [-0.2, -0.15) is 0 Å². The third kappa shape index (κ3) is 3.57. The summed E-state index contributed by atoms with van der Waals surface area (Å²) in [5.74, 6) is 0.175. The molecule has 8 nitrogen and oxygen atoms in total. The van der Waals surface area contributed by atoms with Crippen molar-refractivity contribution >= 4 is 17.6 Å². The summed E-state index contributed by atoms with van der Waals surface area (Å²) in [5, 5.41) is 7.93. The first-order valence-electron chi connectivity index (χ1n) is 8.72. The number of hydrogen-bond acceptors (Lipinski definition) is 7. The number of fused-ring (bicyclic) bond motifs is 1. The molecule has 0 bridgehead atoms. The molecule has 28 heavy (non-hydrogen) atoms. The Kier molecular flexibility index (Phi) is 4.76. The molecule has 0 unspecified atom stereocenters. The van der Waals surface area contributed by atoms with Crippen molar-refractivity contribution in [2.24, 2.45) is 0 Å². The molecule has 0 spiro atoms. The van der Waals surface area contributed by atoms with Crippen LogP contribution in [0.2, 0.25) is 0 Å². The Bertz CT molecular complexity index is 1000. The van der Waals surface area contributed by atoms with Gasteiger partial charge in [-0.15, -0.1) is 10.2 Å². The number of benzene rings is 2. The smallest absolute Gasteiger partial charge is 0.326 e. The van der Waals surface area contributed by atoms with Gasteiger partial charge in [0.1, 0.15) is 12.3 Å². The summed E-state index contributed by atoms with van der Waals surface area (Å²) in [6.45, 7) is 1.28. The highest BCUT2D eigenvalue weighted by Crippen LogP contribution is 2.31. The SMILES string of the molecule is C[C@@H](OC(=O)CN1C(=O)COc2ccccc21)c1nnc(-c2ccccc2)o1. The van der Waals surface area contributed by atoms with Crippen LogP contribution in [0.4, 0.5) is 5.69 Å². The lowest BCUT2D eigenvalue weighted by Crippen LogP contribution is -2.42. The summed E-state index contributed by atoms with van der Waals surface area (Å²) < 4.78 is 16.3. The highest BCUT2D eigenvalue weighted by molar-refractivity contribution is 6.01. The van der Waals surface area contributed by atoms with Crippen LogP contribution >= 0.6 is 0 Å². The molecule has 0 fully saturated rings. The Morgan fingerprint density at radius 2 is 1.89 bits per heavy atom. The minimum absolute atomic E-state index is 0.121. The van der Waals surface area contributed by atoms with Crippen molar-refractivity contribution in [1.29, 1.82) is 0 Å². The molecule has 1 aliphatic heterocycles. The van der Waals surface area contributed by atoms with Gasteiger partial charge in [0.2, 0.25) is 5.89 Å². The largest absolute Gasteiger partial charge is 0.482 e. The minimum atomic E-state index is -0.746. The lowest BCUT2D eigenvalue weighted by molar-refractivity contribution is -0.148. The van der Waals surface area contributed by atoms with E-state index in [0.29, 0.717) is 17.3 Å². The van der Waals surface area contributed by atoms with E-state index >= 15 is 0 Å². The fourth-order valence-electron chi connectivity index (χ4n) is 2.84. The van der Waals surface area contributed by atoms with Gasteiger partial charge in [0.15, 0.2) is 12.7 Å². The van der Waals surface area contributed by atoms with Gasteiger partial charge in [-0.05, 0) is 31.2 Å². The second kappa shape index (κ2) is 7.51. The Labute approximate surface area is 160 Å². The molecule has 142 valence electrons. The van der Waals surface area contributed by atoms with E-state index in [9.17, 15) is 9.59 Å². The van der Waals surface area contributed by atoms with Crippen LogP contribution in [0.25, 0.3) is 11.5 Å². The first-order chi connectivity index (χ1) is 13.6. The number of para-hydroxylation sites is 2. The van der Waals surface area contributed by atoms with Gasteiger partial charge >= 0.3 is 5.97 Å². The van der Waals surface area contributed by atoms with Crippen LogP contribution in [0.15, 0.2) is 59.0 Å². The Hall–Kier alpha value is -3.68. The topological polar surface area (TPSA) is 94.8 Å². The van der Waals surface area contributed by atoms with Crippen LogP contribution in [-0.4, -0.2) is 35.2 Å².